The van der Waals surface area contributed by atoms with Crippen molar-refractivity contribution in [2.75, 3.05) is 6.61 Å². The van der Waals surface area contributed by atoms with Crippen LogP contribution in [-0.4, -0.2) is 26.5 Å². The molecule has 0 aliphatic carbocycles. The molecule has 0 aliphatic heterocycles. The molecule has 5 heteroatoms. The lowest BCUT2D eigenvalue weighted by Crippen LogP contribution is -1.99. The van der Waals surface area contributed by atoms with Gasteiger partial charge in [0.15, 0.2) is 5.82 Å². The molecule has 0 spiro atoms. The molecule has 0 bridgehead atoms. The van der Waals surface area contributed by atoms with Crippen LogP contribution in [0.1, 0.15) is 37.4 Å². The quantitative estimate of drug-likeness (QED) is 0.919. The number of hydrogen-bond acceptors (Lipinski definition) is 3. The summed E-state index contributed by atoms with van der Waals surface area (Å²) < 4.78 is 2.77. The first-order valence-corrected chi connectivity index (χ1v) is 7.22. The van der Waals surface area contributed by atoms with Crippen molar-refractivity contribution < 1.29 is 5.11 Å². The second-order valence-corrected chi connectivity index (χ2v) is 5.72. The van der Waals surface area contributed by atoms with Crippen molar-refractivity contribution in [3.05, 3.63) is 40.3 Å². The van der Waals surface area contributed by atoms with E-state index in [2.05, 4.69) is 39.9 Å². The highest BCUT2D eigenvalue weighted by atomic mass is 79.9. The molecule has 4 nitrogen and oxygen atoms in total. The summed E-state index contributed by atoms with van der Waals surface area (Å²) >= 11 is 3.38. The summed E-state index contributed by atoms with van der Waals surface area (Å²) in [7, 11) is 0. The van der Waals surface area contributed by atoms with Gasteiger partial charge in [0, 0.05) is 23.5 Å². The number of nitrogens with zero attached hydrogens (tertiary/aromatic N) is 3. The van der Waals surface area contributed by atoms with E-state index in [1.807, 2.05) is 23.0 Å². The van der Waals surface area contributed by atoms with E-state index in [9.17, 15) is 0 Å². The largest absolute Gasteiger partial charge is 0.396 e. The highest BCUT2D eigenvalue weighted by Gasteiger charge is 2.13. The van der Waals surface area contributed by atoms with E-state index in [4.69, 9.17) is 5.11 Å². The van der Waals surface area contributed by atoms with Crippen molar-refractivity contribution in [2.24, 2.45) is 0 Å². The van der Waals surface area contributed by atoms with Crippen LogP contribution >= 0.6 is 15.9 Å². The first-order valence-electron chi connectivity index (χ1n) is 6.43. The zero-order valence-corrected chi connectivity index (χ0v) is 12.8. The van der Waals surface area contributed by atoms with E-state index in [0.717, 1.165) is 28.8 Å². The Bertz CT molecular complexity index is 534. The van der Waals surface area contributed by atoms with E-state index in [1.165, 1.54) is 5.56 Å². The van der Waals surface area contributed by atoms with Gasteiger partial charge in [-0.25, -0.2) is 9.67 Å². The Morgan fingerprint density at radius 1 is 1.37 bits per heavy atom. The summed E-state index contributed by atoms with van der Waals surface area (Å²) in [5.41, 5.74) is 2.27. The summed E-state index contributed by atoms with van der Waals surface area (Å²) in [5.74, 6) is 1.17. The van der Waals surface area contributed by atoms with Crippen LogP contribution in [0.4, 0.5) is 0 Å². The standard InChI is InChI=1S/C14H18BrN3O/c1-10(2)14-11(4-3-7-19)9-18(17-14)13-6-5-12(15)8-16-13/h5-6,8-10,19H,3-4,7H2,1-2H3. The van der Waals surface area contributed by atoms with Gasteiger partial charge < -0.3 is 5.11 Å². The van der Waals surface area contributed by atoms with Crippen LogP contribution in [-0.2, 0) is 6.42 Å². The Balaban J connectivity index is 2.33. The third-order valence-electron chi connectivity index (χ3n) is 2.92. The molecule has 0 amide bonds. The SMILES string of the molecule is CC(C)c1nn(-c2ccc(Br)cn2)cc1CCCO. The molecule has 0 aromatic carbocycles. The van der Waals surface area contributed by atoms with Gasteiger partial charge in [-0.2, -0.15) is 5.10 Å². The van der Waals surface area contributed by atoms with Crippen molar-refractivity contribution in [1.29, 1.82) is 0 Å². The number of hydrogen-bond donors (Lipinski definition) is 1. The maximum Gasteiger partial charge on any atom is 0.153 e. The van der Waals surface area contributed by atoms with Gasteiger partial charge in [0.05, 0.1) is 5.69 Å². The number of aromatic nitrogens is 3. The van der Waals surface area contributed by atoms with Crippen molar-refractivity contribution >= 4 is 15.9 Å². The Hall–Kier alpha value is -1.20. The van der Waals surface area contributed by atoms with Gasteiger partial charge in [-0.15, -0.1) is 0 Å². The minimum absolute atomic E-state index is 0.208. The minimum Gasteiger partial charge on any atom is -0.396 e. The number of rotatable bonds is 5. The summed E-state index contributed by atoms with van der Waals surface area (Å²) in [6, 6.07) is 3.88. The molecule has 2 heterocycles. The Morgan fingerprint density at radius 2 is 2.16 bits per heavy atom. The van der Waals surface area contributed by atoms with Gasteiger partial charge in [0.25, 0.3) is 0 Å². The van der Waals surface area contributed by atoms with Crippen molar-refractivity contribution in [2.45, 2.75) is 32.6 Å². The molecule has 2 aromatic rings. The zero-order valence-electron chi connectivity index (χ0n) is 11.2. The smallest absolute Gasteiger partial charge is 0.153 e. The molecule has 2 rings (SSSR count). The lowest BCUT2D eigenvalue weighted by molar-refractivity contribution is 0.288. The molecule has 102 valence electrons. The molecule has 0 fully saturated rings. The fourth-order valence-corrected chi connectivity index (χ4v) is 2.23. The normalized spacial score (nSPS) is 11.2. The van der Waals surface area contributed by atoms with Crippen LogP contribution in [0.3, 0.4) is 0 Å². The van der Waals surface area contributed by atoms with E-state index in [-0.39, 0.29) is 6.61 Å². The fourth-order valence-electron chi connectivity index (χ4n) is 1.99. The first kappa shape index (κ1) is 14.2. The van der Waals surface area contributed by atoms with E-state index < -0.39 is 0 Å². The van der Waals surface area contributed by atoms with Gasteiger partial charge >= 0.3 is 0 Å². The van der Waals surface area contributed by atoms with Crippen LogP contribution in [0.15, 0.2) is 29.0 Å². The summed E-state index contributed by atoms with van der Waals surface area (Å²) in [6.07, 6.45) is 5.39. The molecule has 0 radical (unpaired) electrons. The predicted molar refractivity (Wildman–Crippen MR) is 78.6 cm³/mol. The maximum atomic E-state index is 8.97. The predicted octanol–water partition coefficient (Wildman–Crippen LogP) is 3.08. The average molecular weight is 324 g/mol. The number of aliphatic hydroxyl groups is 1. The highest BCUT2D eigenvalue weighted by molar-refractivity contribution is 9.10. The van der Waals surface area contributed by atoms with Gasteiger partial charge in [-0.3, -0.25) is 0 Å². The van der Waals surface area contributed by atoms with Crippen LogP contribution in [0.2, 0.25) is 0 Å². The maximum absolute atomic E-state index is 8.97. The fraction of sp³-hybridized carbons (Fsp3) is 0.429. The summed E-state index contributed by atoms with van der Waals surface area (Å²) in [6.45, 7) is 4.47. The first-order chi connectivity index (χ1) is 9.11. The highest BCUT2D eigenvalue weighted by Crippen LogP contribution is 2.21. The van der Waals surface area contributed by atoms with Crippen molar-refractivity contribution in [1.82, 2.24) is 14.8 Å². The lowest BCUT2D eigenvalue weighted by Gasteiger charge is -2.03. The summed E-state index contributed by atoms with van der Waals surface area (Å²) in [4.78, 5) is 4.35. The molecule has 1 N–H and O–H groups in total. The van der Waals surface area contributed by atoms with Crippen LogP contribution in [0, 0.1) is 0 Å². The van der Waals surface area contributed by atoms with Crippen LogP contribution in [0.25, 0.3) is 5.82 Å². The molecule has 0 aliphatic rings. The molecular weight excluding hydrogens is 306 g/mol. The molecule has 0 unspecified atom stereocenters. The third-order valence-corrected chi connectivity index (χ3v) is 3.39. The zero-order chi connectivity index (χ0) is 13.8. The Labute approximate surface area is 121 Å². The molecule has 0 atom stereocenters. The third kappa shape index (κ3) is 3.42. The number of pyridine rings is 1. The van der Waals surface area contributed by atoms with Crippen molar-refractivity contribution in [3.63, 3.8) is 0 Å². The molecular formula is C14H18BrN3O. The second-order valence-electron chi connectivity index (χ2n) is 4.80. The van der Waals surface area contributed by atoms with E-state index in [1.54, 1.807) is 6.20 Å². The Kier molecular flexibility index (Phi) is 4.71. The molecule has 0 saturated heterocycles. The van der Waals surface area contributed by atoms with Crippen molar-refractivity contribution in [3.8, 4) is 5.82 Å². The van der Waals surface area contributed by atoms with Crippen LogP contribution < -0.4 is 0 Å². The number of aliphatic hydroxyl groups excluding tert-OH is 1. The Morgan fingerprint density at radius 3 is 2.74 bits per heavy atom. The van der Waals surface area contributed by atoms with Gasteiger partial charge in [-0.05, 0) is 52.4 Å². The van der Waals surface area contributed by atoms with E-state index >= 15 is 0 Å². The second kappa shape index (κ2) is 6.30. The molecule has 0 saturated carbocycles. The van der Waals surface area contributed by atoms with Gasteiger partial charge in [0.1, 0.15) is 0 Å². The monoisotopic (exact) mass is 323 g/mol. The van der Waals surface area contributed by atoms with Gasteiger partial charge in [0.2, 0.25) is 0 Å². The average Bonchev–Trinajstić information content (AvgIpc) is 2.81. The molecule has 19 heavy (non-hydrogen) atoms. The minimum atomic E-state index is 0.208. The lowest BCUT2D eigenvalue weighted by atomic mass is 10.0. The number of aryl methyl sites for hydroxylation is 1. The van der Waals surface area contributed by atoms with Gasteiger partial charge in [-0.1, -0.05) is 13.8 Å². The van der Waals surface area contributed by atoms with E-state index in [0.29, 0.717) is 5.92 Å². The number of halogens is 1. The van der Waals surface area contributed by atoms with Crippen LogP contribution in [0.5, 0.6) is 0 Å². The molecule has 2 aromatic heterocycles. The topological polar surface area (TPSA) is 50.9 Å². The summed E-state index contributed by atoms with van der Waals surface area (Å²) in [5, 5.41) is 13.6.